The van der Waals surface area contributed by atoms with Gasteiger partial charge in [0.05, 0.1) is 25.9 Å². The van der Waals surface area contributed by atoms with Crippen LogP contribution < -0.4 is 10.6 Å². The summed E-state index contributed by atoms with van der Waals surface area (Å²) in [5.74, 6) is 0.0483. The number of amides is 1. The molecular formula is C11H23N3O3. The first-order valence-electron chi connectivity index (χ1n) is 6.00. The zero-order valence-electron chi connectivity index (χ0n) is 10.7. The van der Waals surface area contributed by atoms with E-state index in [0.29, 0.717) is 26.3 Å². The molecule has 1 fully saturated rings. The second kappa shape index (κ2) is 8.41. The summed E-state index contributed by atoms with van der Waals surface area (Å²) in [4.78, 5) is 13.7. The summed E-state index contributed by atoms with van der Waals surface area (Å²) in [6.45, 7) is 4.69. The van der Waals surface area contributed by atoms with Gasteiger partial charge in [-0.15, -0.1) is 0 Å². The highest BCUT2D eigenvalue weighted by molar-refractivity contribution is 5.77. The molecule has 2 N–H and O–H groups in total. The fraction of sp³-hybridized carbons (Fsp3) is 0.909. The molecule has 1 unspecified atom stereocenters. The number of morpholine rings is 1. The lowest BCUT2D eigenvalue weighted by Crippen LogP contribution is -2.49. The maximum atomic E-state index is 11.6. The van der Waals surface area contributed by atoms with Crippen molar-refractivity contribution in [1.82, 2.24) is 15.5 Å². The Kier molecular flexibility index (Phi) is 7.11. The average Bonchev–Trinajstić information content (AvgIpc) is 2.30. The molecule has 1 atom stereocenters. The van der Waals surface area contributed by atoms with E-state index >= 15 is 0 Å². The van der Waals surface area contributed by atoms with Gasteiger partial charge in [-0.25, -0.2) is 0 Å². The van der Waals surface area contributed by atoms with Crippen LogP contribution in [0.2, 0.25) is 0 Å². The van der Waals surface area contributed by atoms with Gasteiger partial charge < -0.3 is 20.1 Å². The lowest BCUT2D eigenvalue weighted by Gasteiger charge is -2.32. The molecule has 1 aliphatic heterocycles. The van der Waals surface area contributed by atoms with Crippen LogP contribution in [-0.2, 0) is 14.3 Å². The first-order valence-corrected chi connectivity index (χ1v) is 6.00. The van der Waals surface area contributed by atoms with E-state index in [4.69, 9.17) is 9.47 Å². The monoisotopic (exact) mass is 245 g/mol. The molecule has 1 saturated heterocycles. The number of hydrogen-bond donors (Lipinski definition) is 2. The summed E-state index contributed by atoms with van der Waals surface area (Å²) < 4.78 is 10.4. The normalized spacial score (nSPS) is 21.4. The summed E-state index contributed by atoms with van der Waals surface area (Å²) in [6.07, 6.45) is 0.181. The fourth-order valence-electron chi connectivity index (χ4n) is 1.83. The topological polar surface area (TPSA) is 62.8 Å². The first kappa shape index (κ1) is 14.4. The summed E-state index contributed by atoms with van der Waals surface area (Å²) in [7, 11) is 3.52. The van der Waals surface area contributed by atoms with E-state index in [9.17, 15) is 4.79 Å². The Morgan fingerprint density at radius 2 is 2.41 bits per heavy atom. The molecular weight excluding hydrogens is 222 g/mol. The molecule has 1 heterocycles. The smallest absolute Gasteiger partial charge is 0.234 e. The van der Waals surface area contributed by atoms with E-state index in [-0.39, 0.29) is 12.0 Å². The molecule has 0 aromatic heterocycles. The molecule has 0 bridgehead atoms. The Morgan fingerprint density at radius 1 is 1.59 bits per heavy atom. The van der Waals surface area contributed by atoms with Crippen LogP contribution in [-0.4, -0.2) is 77.0 Å². The van der Waals surface area contributed by atoms with Gasteiger partial charge in [-0.2, -0.15) is 0 Å². The van der Waals surface area contributed by atoms with Crippen molar-refractivity contribution < 1.29 is 14.3 Å². The van der Waals surface area contributed by atoms with Crippen LogP contribution in [0.15, 0.2) is 0 Å². The molecule has 0 spiro atoms. The molecule has 0 radical (unpaired) electrons. The van der Waals surface area contributed by atoms with E-state index < -0.39 is 0 Å². The van der Waals surface area contributed by atoms with Gasteiger partial charge in [0.2, 0.25) is 5.91 Å². The van der Waals surface area contributed by atoms with Crippen LogP contribution in [0.1, 0.15) is 0 Å². The van der Waals surface area contributed by atoms with Gasteiger partial charge in [0.15, 0.2) is 0 Å². The second-order valence-corrected chi connectivity index (χ2v) is 4.13. The minimum atomic E-state index is 0.0483. The Morgan fingerprint density at radius 3 is 3.12 bits per heavy atom. The van der Waals surface area contributed by atoms with Crippen LogP contribution >= 0.6 is 0 Å². The average molecular weight is 245 g/mol. The van der Waals surface area contributed by atoms with Gasteiger partial charge in [0.1, 0.15) is 0 Å². The molecule has 1 amide bonds. The second-order valence-electron chi connectivity index (χ2n) is 4.13. The number of nitrogens with one attached hydrogen (secondary N) is 2. The predicted molar refractivity (Wildman–Crippen MR) is 65.0 cm³/mol. The van der Waals surface area contributed by atoms with Crippen LogP contribution in [0.5, 0.6) is 0 Å². The van der Waals surface area contributed by atoms with E-state index in [2.05, 4.69) is 15.5 Å². The van der Waals surface area contributed by atoms with Crippen LogP contribution in [0.3, 0.4) is 0 Å². The van der Waals surface area contributed by atoms with Crippen molar-refractivity contribution in [2.45, 2.75) is 6.10 Å². The number of hydrogen-bond acceptors (Lipinski definition) is 5. The van der Waals surface area contributed by atoms with E-state index in [1.54, 1.807) is 7.11 Å². The molecule has 6 heteroatoms. The quantitative estimate of drug-likeness (QED) is 0.544. The van der Waals surface area contributed by atoms with Gasteiger partial charge in [-0.1, -0.05) is 0 Å². The van der Waals surface area contributed by atoms with Gasteiger partial charge in [-0.3, -0.25) is 9.69 Å². The van der Waals surface area contributed by atoms with Crippen LogP contribution in [0, 0.1) is 0 Å². The Bertz CT molecular complexity index is 224. The number of carbonyl (C=O) groups excluding carboxylic acids is 1. The number of likely N-dealkylation sites (N-methyl/N-ethyl adjacent to an activating group) is 1. The molecule has 0 aromatic rings. The van der Waals surface area contributed by atoms with Crippen molar-refractivity contribution in [3.63, 3.8) is 0 Å². The first-order chi connectivity index (χ1) is 8.26. The van der Waals surface area contributed by atoms with Crippen molar-refractivity contribution in [3.05, 3.63) is 0 Å². The Labute approximate surface area is 103 Å². The van der Waals surface area contributed by atoms with Crippen molar-refractivity contribution in [2.75, 3.05) is 60.1 Å². The predicted octanol–water partition coefficient (Wildman–Crippen LogP) is -1.33. The van der Waals surface area contributed by atoms with Gasteiger partial charge in [-0.05, 0) is 7.05 Å². The highest BCUT2D eigenvalue weighted by Crippen LogP contribution is 2.03. The Balaban J connectivity index is 2.18. The van der Waals surface area contributed by atoms with E-state index in [1.807, 2.05) is 7.05 Å². The molecule has 0 saturated carbocycles. The fourth-order valence-corrected chi connectivity index (χ4v) is 1.83. The largest absolute Gasteiger partial charge is 0.383 e. The lowest BCUT2D eigenvalue weighted by molar-refractivity contribution is -0.124. The molecule has 17 heavy (non-hydrogen) atoms. The minimum absolute atomic E-state index is 0.0483. The zero-order valence-corrected chi connectivity index (χ0v) is 10.7. The number of ether oxygens (including phenoxy) is 2. The standard InChI is InChI=1S/C11H23N3O3/c1-12-7-10-8-14(4-6-17-10)9-11(15)13-3-5-16-2/h10,12H,3-9H2,1-2H3,(H,13,15). The summed E-state index contributed by atoms with van der Waals surface area (Å²) in [5, 5.41) is 5.90. The van der Waals surface area contributed by atoms with Gasteiger partial charge in [0, 0.05) is 33.3 Å². The summed E-state index contributed by atoms with van der Waals surface area (Å²) in [5.41, 5.74) is 0. The van der Waals surface area contributed by atoms with E-state index in [1.165, 1.54) is 0 Å². The maximum absolute atomic E-state index is 11.6. The van der Waals surface area contributed by atoms with E-state index in [0.717, 1.165) is 19.6 Å². The zero-order chi connectivity index (χ0) is 12.5. The molecule has 6 nitrogen and oxygen atoms in total. The summed E-state index contributed by atoms with van der Waals surface area (Å²) in [6, 6.07) is 0. The van der Waals surface area contributed by atoms with Crippen LogP contribution in [0.25, 0.3) is 0 Å². The third-order valence-electron chi connectivity index (χ3n) is 2.65. The number of methoxy groups -OCH3 is 1. The Hall–Kier alpha value is -0.690. The van der Waals surface area contributed by atoms with Crippen molar-refractivity contribution in [3.8, 4) is 0 Å². The molecule has 100 valence electrons. The van der Waals surface area contributed by atoms with Crippen molar-refractivity contribution in [1.29, 1.82) is 0 Å². The minimum Gasteiger partial charge on any atom is -0.383 e. The number of rotatable bonds is 7. The lowest BCUT2D eigenvalue weighted by atomic mass is 10.2. The van der Waals surface area contributed by atoms with Crippen LogP contribution in [0.4, 0.5) is 0 Å². The number of nitrogens with zero attached hydrogens (tertiary/aromatic N) is 1. The highest BCUT2D eigenvalue weighted by atomic mass is 16.5. The third-order valence-corrected chi connectivity index (χ3v) is 2.65. The van der Waals surface area contributed by atoms with Gasteiger partial charge in [0.25, 0.3) is 0 Å². The molecule has 1 rings (SSSR count). The highest BCUT2D eigenvalue weighted by Gasteiger charge is 2.21. The van der Waals surface area contributed by atoms with Gasteiger partial charge >= 0.3 is 0 Å². The van der Waals surface area contributed by atoms with Crippen molar-refractivity contribution >= 4 is 5.91 Å². The maximum Gasteiger partial charge on any atom is 0.234 e. The number of carbonyl (C=O) groups is 1. The third kappa shape index (κ3) is 5.97. The van der Waals surface area contributed by atoms with Crippen molar-refractivity contribution in [2.24, 2.45) is 0 Å². The molecule has 1 aliphatic rings. The summed E-state index contributed by atoms with van der Waals surface area (Å²) >= 11 is 0. The molecule has 0 aliphatic carbocycles. The molecule has 0 aromatic carbocycles. The SMILES string of the molecule is CNCC1CN(CC(=O)NCCOC)CCO1.